The third kappa shape index (κ3) is 6.74. The highest BCUT2D eigenvalue weighted by atomic mass is 32.1. The lowest BCUT2D eigenvalue weighted by Crippen LogP contribution is -2.11. The fraction of sp³-hybridized carbons (Fsp3) is 0.750. The number of carboxylic acids is 1. The first-order valence-electron chi connectivity index (χ1n) is 6.69. The minimum Gasteiger partial charge on any atom is -0.481 e. The molecule has 1 aromatic heterocycles. The topological polar surface area (TPSA) is 75.1 Å². The quantitative estimate of drug-likeness (QED) is 0.725. The van der Waals surface area contributed by atoms with Crippen molar-refractivity contribution in [1.82, 2.24) is 10.2 Å². The number of carbonyl (C=O) groups is 1. The second-order valence-corrected chi connectivity index (χ2v) is 5.69. The number of anilines is 1. The van der Waals surface area contributed by atoms with Gasteiger partial charge < -0.3 is 10.4 Å². The van der Waals surface area contributed by atoms with Gasteiger partial charge in [0, 0.05) is 13.0 Å². The predicted octanol–water partition coefficient (Wildman–Crippen LogP) is 3.64. The van der Waals surface area contributed by atoms with Crippen molar-refractivity contribution in [1.29, 1.82) is 0 Å². The van der Waals surface area contributed by atoms with Crippen molar-refractivity contribution in [3.63, 3.8) is 0 Å². The van der Waals surface area contributed by atoms with Gasteiger partial charge in [-0.2, -0.15) is 13.2 Å². The summed E-state index contributed by atoms with van der Waals surface area (Å²) in [5.74, 6) is -0.586. The molecule has 120 valence electrons. The van der Waals surface area contributed by atoms with E-state index in [9.17, 15) is 18.0 Å². The zero-order chi connectivity index (χ0) is 15.9. The maximum absolute atomic E-state index is 12.4. The molecule has 0 aromatic carbocycles. The fourth-order valence-electron chi connectivity index (χ4n) is 1.96. The molecular formula is C12H18F3N3O2S. The van der Waals surface area contributed by atoms with Gasteiger partial charge in [0.2, 0.25) is 10.1 Å². The predicted molar refractivity (Wildman–Crippen MR) is 73.3 cm³/mol. The number of alkyl halides is 3. The molecule has 5 nitrogen and oxygen atoms in total. The average Bonchev–Trinajstić information content (AvgIpc) is 2.84. The van der Waals surface area contributed by atoms with Crippen LogP contribution in [0.25, 0.3) is 0 Å². The number of nitrogens with zero attached hydrogens (tertiary/aromatic N) is 2. The average molecular weight is 325 g/mol. The molecule has 0 aliphatic heterocycles. The van der Waals surface area contributed by atoms with Crippen LogP contribution in [0.5, 0.6) is 0 Å². The minimum atomic E-state index is -4.47. The highest BCUT2D eigenvalue weighted by Gasteiger charge is 2.35. The zero-order valence-electron chi connectivity index (χ0n) is 11.6. The van der Waals surface area contributed by atoms with Gasteiger partial charge in [-0.3, -0.25) is 4.79 Å². The zero-order valence-corrected chi connectivity index (χ0v) is 12.4. The monoisotopic (exact) mass is 325 g/mol. The molecule has 1 aromatic rings. The standard InChI is InChI=1S/C12H18F3N3O2S/c1-2-3-8(4-5-9(19)20)6-7-16-11-18-17-10(21-11)12(13,14)15/h8H,2-7H2,1H3,(H,16,18)(H,19,20). The second-order valence-electron chi connectivity index (χ2n) is 4.71. The van der Waals surface area contributed by atoms with Gasteiger partial charge in [-0.15, -0.1) is 10.2 Å². The first-order chi connectivity index (χ1) is 9.82. The van der Waals surface area contributed by atoms with Gasteiger partial charge in [-0.05, 0) is 18.8 Å². The molecule has 0 radical (unpaired) electrons. The summed E-state index contributed by atoms with van der Waals surface area (Å²) in [7, 11) is 0. The highest BCUT2D eigenvalue weighted by molar-refractivity contribution is 7.15. The molecule has 0 spiro atoms. The lowest BCUT2D eigenvalue weighted by Gasteiger charge is -2.14. The van der Waals surface area contributed by atoms with Crippen LogP contribution in [-0.4, -0.2) is 27.8 Å². The SMILES string of the molecule is CCCC(CCNc1nnc(C(F)(F)F)s1)CCC(=O)O. The Balaban J connectivity index is 2.39. The molecule has 1 unspecified atom stereocenters. The number of aromatic nitrogens is 2. The second kappa shape index (κ2) is 8.16. The van der Waals surface area contributed by atoms with E-state index in [1.54, 1.807) is 0 Å². The van der Waals surface area contributed by atoms with Crippen molar-refractivity contribution >= 4 is 22.4 Å². The van der Waals surface area contributed by atoms with Gasteiger partial charge in [0.15, 0.2) is 0 Å². The first-order valence-corrected chi connectivity index (χ1v) is 7.51. The van der Waals surface area contributed by atoms with Crippen molar-refractivity contribution < 1.29 is 23.1 Å². The molecule has 1 heterocycles. The summed E-state index contributed by atoms with van der Waals surface area (Å²) in [6.45, 7) is 2.47. The maximum atomic E-state index is 12.4. The Kier molecular flexibility index (Phi) is 6.86. The van der Waals surface area contributed by atoms with Crippen LogP contribution >= 0.6 is 11.3 Å². The number of halogens is 3. The summed E-state index contributed by atoms with van der Waals surface area (Å²) >= 11 is 0.471. The van der Waals surface area contributed by atoms with Gasteiger partial charge in [-0.25, -0.2) is 0 Å². The van der Waals surface area contributed by atoms with Crippen molar-refractivity contribution in [2.24, 2.45) is 5.92 Å². The van der Waals surface area contributed by atoms with E-state index >= 15 is 0 Å². The molecule has 0 bridgehead atoms. The van der Waals surface area contributed by atoms with Gasteiger partial charge in [0.25, 0.3) is 0 Å². The molecule has 0 saturated heterocycles. The van der Waals surface area contributed by atoms with Crippen LogP contribution in [0.4, 0.5) is 18.3 Å². The molecule has 21 heavy (non-hydrogen) atoms. The maximum Gasteiger partial charge on any atom is 0.445 e. The number of hydrogen-bond donors (Lipinski definition) is 2. The molecule has 2 N–H and O–H groups in total. The largest absolute Gasteiger partial charge is 0.481 e. The Labute approximate surface area is 124 Å². The Hall–Kier alpha value is -1.38. The number of rotatable bonds is 9. The first kappa shape index (κ1) is 17.7. The number of nitrogens with one attached hydrogen (secondary N) is 1. The lowest BCUT2D eigenvalue weighted by molar-refractivity contribution is -0.138. The Morgan fingerprint density at radius 2 is 2.05 bits per heavy atom. The summed E-state index contributed by atoms with van der Waals surface area (Å²) in [4.78, 5) is 10.6. The summed E-state index contributed by atoms with van der Waals surface area (Å²) < 4.78 is 37.1. The number of hydrogen-bond acceptors (Lipinski definition) is 5. The molecule has 1 rings (SSSR count). The summed E-state index contributed by atoms with van der Waals surface area (Å²) in [5.41, 5.74) is 0. The van der Waals surface area contributed by atoms with Crippen molar-refractivity contribution in [2.75, 3.05) is 11.9 Å². The van der Waals surface area contributed by atoms with E-state index in [4.69, 9.17) is 5.11 Å². The molecule has 0 fully saturated rings. The molecule has 0 amide bonds. The third-order valence-corrected chi connectivity index (χ3v) is 3.89. The van der Waals surface area contributed by atoms with E-state index < -0.39 is 17.2 Å². The van der Waals surface area contributed by atoms with Crippen LogP contribution in [-0.2, 0) is 11.0 Å². The van der Waals surface area contributed by atoms with Gasteiger partial charge in [0.1, 0.15) is 0 Å². The van der Waals surface area contributed by atoms with Gasteiger partial charge in [0.05, 0.1) is 0 Å². The van der Waals surface area contributed by atoms with Gasteiger partial charge >= 0.3 is 12.1 Å². The van der Waals surface area contributed by atoms with Crippen LogP contribution < -0.4 is 5.32 Å². The summed E-state index contributed by atoms with van der Waals surface area (Å²) in [6, 6.07) is 0. The Bertz CT molecular complexity index is 451. The number of aliphatic carboxylic acids is 1. The van der Waals surface area contributed by atoms with Crippen LogP contribution in [0.15, 0.2) is 0 Å². The third-order valence-electron chi connectivity index (χ3n) is 2.96. The molecule has 0 aliphatic carbocycles. The van der Waals surface area contributed by atoms with Crippen LogP contribution in [0.3, 0.4) is 0 Å². The Morgan fingerprint density at radius 3 is 2.57 bits per heavy atom. The van der Waals surface area contributed by atoms with Crippen LogP contribution in [0, 0.1) is 5.92 Å². The number of carboxylic acid groups (broad SMARTS) is 1. The van der Waals surface area contributed by atoms with Crippen molar-refractivity contribution in [2.45, 2.75) is 45.2 Å². The summed E-state index contributed by atoms with van der Waals surface area (Å²) in [6.07, 6.45) is -1.23. The fourth-order valence-corrected chi connectivity index (χ4v) is 2.60. The van der Waals surface area contributed by atoms with E-state index in [0.29, 0.717) is 30.7 Å². The normalized spacial score (nSPS) is 13.1. The van der Waals surface area contributed by atoms with E-state index in [0.717, 1.165) is 12.8 Å². The van der Waals surface area contributed by atoms with Crippen LogP contribution in [0.2, 0.25) is 0 Å². The van der Waals surface area contributed by atoms with E-state index in [1.807, 2.05) is 6.92 Å². The summed E-state index contributed by atoms with van der Waals surface area (Å²) in [5, 5.41) is 17.2. The van der Waals surface area contributed by atoms with Crippen molar-refractivity contribution in [3.8, 4) is 0 Å². The molecule has 1 atom stereocenters. The van der Waals surface area contributed by atoms with Crippen LogP contribution in [0.1, 0.15) is 44.0 Å². The highest BCUT2D eigenvalue weighted by Crippen LogP contribution is 2.33. The van der Waals surface area contributed by atoms with E-state index in [-0.39, 0.29) is 17.5 Å². The molecule has 9 heteroatoms. The van der Waals surface area contributed by atoms with Gasteiger partial charge in [-0.1, -0.05) is 31.1 Å². The Morgan fingerprint density at radius 1 is 1.33 bits per heavy atom. The molecule has 0 aliphatic rings. The van der Waals surface area contributed by atoms with Crippen molar-refractivity contribution in [3.05, 3.63) is 5.01 Å². The molecule has 0 saturated carbocycles. The molecular weight excluding hydrogens is 307 g/mol. The lowest BCUT2D eigenvalue weighted by atomic mass is 9.94. The van der Waals surface area contributed by atoms with E-state index in [1.165, 1.54) is 0 Å². The smallest absolute Gasteiger partial charge is 0.445 e. The minimum absolute atomic E-state index is 0.113. The van der Waals surface area contributed by atoms with E-state index in [2.05, 4.69) is 15.5 Å².